The van der Waals surface area contributed by atoms with E-state index in [2.05, 4.69) is 5.32 Å². The maximum absolute atomic E-state index is 12.7. The van der Waals surface area contributed by atoms with Gasteiger partial charge in [-0.05, 0) is 38.5 Å². The molecule has 6 nitrogen and oxygen atoms in total. The third-order valence-electron chi connectivity index (χ3n) is 2.61. The standard InChI is InChI=1S/C14H20F2N2O4/c1-14(2,3)22-13(20)18-8-5-7(10(17)12(15)16)6-9(21-4)11(8)19/h5-6,10,12,19H,17H2,1-4H3,(H,18,20). The molecule has 1 aromatic rings. The van der Waals surface area contributed by atoms with Crippen molar-refractivity contribution in [3.05, 3.63) is 17.7 Å². The molecule has 0 aliphatic heterocycles. The molecule has 1 rings (SSSR count). The highest BCUT2D eigenvalue weighted by atomic mass is 19.3. The summed E-state index contributed by atoms with van der Waals surface area (Å²) in [7, 11) is 1.25. The number of amides is 1. The van der Waals surface area contributed by atoms with Crippen LogP contribution in [-0.4, -0.2) is 30.3 Å². The van der Waals surface area contributed by atoms with Crippen LogP contribution in [0.15, 0.2) is 12.1 Å². The van der Waals surface area contributed by atoms with Gasteiger partial charge in [0.1, 0.15) is 5.60 Å². The molecule has 124 valence electrons. The van der Waals surface area contributed by atoms with Crippen LogP contribution in [0.25, 0.3) is 0 Å². The van der Waals surface area contributed by atoms with Crippen LogP contribution in [0.1, 0.15) is 32.4 Å². The highest BCUT2D eigenvalue weighted by molar-refractivity contribution is 5.88. The predicted octanol–water partition coefficient (Wildman–Crippen LogP) is 3.01. The van der Waals surface area contributed by atoms with Crippen LogP contribution in [0.2, 0.25) is 0 Å². The number of benzene rings is 1. The summed E-state index contributed by atoms with van der Waals surface area (Å²) in [6.45, 7) is 4.99. The van der Waals surface area contributed by atoms with Gasteiger partial charge in [0.15, 0.2) is 11.5 Å². The van der Waals surface area contributed by atoms with E-state index in [0.29, 0.717) is 0 Å². The molecule has 0 radical (unpaired) electrons. The summed E-state index contributed by atoms with van der Waals surface area (Å²) in [5.41, 5.74) is 4.52. The van der Waals surface area contributed by atoms with E-state index >= 15 is 0 Å². The van der Waals surface area contributed by atoms with Crippen LogP contribution in [0, 0.1) is 0 Å². The molecule has 1 atom stereocenters. The molecule has 0 aliphatic rings. The molecule has 0 saturated carbocycles. The van der Waals surface area contributed by atoms with Crippen molar-refractivity contribution in [1.29, 1.82) is 0 Å². The Labute approximate surface area is 127 Å². The highest BCUT2D eigenvalue weighted by Crippen LogP contribution is 2.38. The van der Waals surface area contributed by atoms with Gasteiger partial charge < -0.3 is 20.3 Å². The number of anilines is 1. The fourth-order valence-corrected chi connectivity index (χ4v) is 1.63. The molecule has 22 heavy (non-hydrogen) atoms. The quantitative estimate of drug-likeness (QED) is 0.742. The van der Waals surface area contributed by atoms with Gasteiger partial charge in [0.25, 0.3) is 6.43 Å². The van der Waals surface area contributed by atoms with Crippen molar-refractivity contribution in [3.63, 3.8) is 0 Å². The van der Waals surface area contributed by atoms with Crippen molar-refractivity contribution in [2.45, 2.75) is 38.8 Å². The highest BCUT2D eigenvalue weighted by Gasteiger charge is 2.23. The van der Waals surface area contributed by atoms with Crippen molar-refractivity contribution < 1.29 is 28.2 Å². The van der Waals surface area contributed by atoms with Gasteiger partial charge >= 0.3 is 6.09 Å². The predicted molar refractivity (Wildman–Crippen MR) is 77.4 cm³/mol. The summed E-state index contributed by atoms with van der Waals surface area (Å²) >= 11 is 0. The topological polar surface area (TPSA) is 93.8 Å². The minimum atomic E-state index is -2.80. The summed E-state index contributed by atoms with van der Waals surface area (Å²) < 4.78 is 35.4. The monoisotopic (exact) mass is 318 g/mol. The zero-order valence-corrected chi connectivity index (χ0v) is 12.8. The zero-order chi connectivity index (χ0) is 17.1. The largest absolute Gasteiger partial charge is 0.503 e. The van der Waals surface area contributed by atoms with Crippen LogP contribution in [0.4, 0.5) is 19.3 Å². The Bertz CT molecular complexity index is 544. The van der Waals surface area contributed by atoms with Crippen LogP contribution < -0.4 is 15.8 Å². The van der Waals surface area contributed by atoms with E-state index in [1.807, 2.05) is 0 Å². The van der Waals surface area contributed by atoms with E-state index in [4.69, 9.17) is 15.2 Å². The molecule has 0 spiro atoms. The number of rotatable bonds is 4. The van der Waals surface area contributed by atoms with Crippen molar-refractivity contribution in [2.24, 2.45) is 5.73 Å². The number of hydrogen-bond acceptors (Lipinski definition) is 5. The molecule has 0 bridgehead atoms. The van der Waals surface area contributed by atoms with Gasteiger partial charge in [-0.2, -0.15) is 0 Å². The number of carbonyl (C=O) groups is 1. The van der Waals surface area contributed by atoms with Crippen LogP contribution in [0.5, 0.6) is 11.5 Å². The number of hydrogen-bond donors (Lipinski definition) is 3. The lowest BCUT2D eigenvalue weighted by Crippen LogP contribution is -2.27. The second kappa shape index (κ2) is 6.78. The van der Waals surface area contributed by atoms with Crippen molar-refractivity contribution in [3.8, 4) is 11.5 Å². The molecule has 1 unspecified atom stereocenters. The van der Waals surface area contributed by atoms with Gasteiger partial charge in [-0.3, -0.25) is 5.32 Å². The maximum atomic E-state index is 12.7. The molecule has 8 heteroatoms. The van der Waals surface area contributed by atoms with E-state index in [1.165, 1.54) is 13.2 Å². The normalized spacial score (nSPS) is 12.9. The second-order valence-electron chi connectivity index (χ2n) is 5.61. The average Bonchev–Trinajstić information content (AvgIpc) is 2.37. The van der Waals surface area contributed by atoms with Crippen LogP contribution in [0.3, 0.4) is 0 Å². The van der Waals surface area contributed by atoms with Gasteiger partial charge in [0.2, 0.25) is 0 Å². The number of nitrogens with two attached hydrogens (primary N) is 1. The first kappa shape index (κ1) is 18.0. The number of methoxy groups -OCH3 is 1. The molecule has 0 saturated heterocycles. The zero-order valence-electron chi connectivity index (χ0n) is 12.8. The Kier molecular flexibility index (Phi) is 5.54. The number of phenolic OH excluding ortho intramolecular Hbond substituents is 1. The van der Waals surface area contributed by atoms with Gasteiger partial charge in [-0.1, -0.05) is 0 Å². The van der Waals surface area contributed by atoms with E-state index in [-0.39, 0.29) is 17.0 Å². The lowest BCUT2D eigenvalue weighted by molar-refractivity contribution is 0.0635. The van der Waals surface area contributed by atoms with E-state index in [1.54, 1.807) is 20.8 Å². The Morgan fingerprint density at radius 1 is 1.36 bits per heavy atom. The molecule has 0 aromatic heterocycles. The van der Waals surface area contributed by atoms with Crippen molar-refractivity contribution in [2.75, 3.05) is 12.4 Å². The number of ether oxygens (including phenoxy) is 2. The molecule has 0 fully saturated rings. The SMILES string of the molecule is COc1cc(C(N)C(F)F)cc(NC(=O)OC(C)(C)C)c1O. The lowest BCUT2D eigenvalue weighted by atomic mass is 10.1. The molecule has 4 N–H and O–H groups in total. The number of aromatic hydroxyl groups is 1. The fourth-order valence-electron chi connectivity index (χ4n) is 1.63. The van der Waals surface area contributed by atoms with Crippen molar-refractivity contribution in [1.82, 2.24) is 0 Å². The Morgan fingerprint density at radius 3 is 2.41 bits per heavy atom. The molecule has 0 aliphatic carbocycles. The molecular weight excluding hydrogens is 298 g/mol. The van der Waals surface area contributed by atoms with Gasteiger partial charge in [0.05, 0.1) is 18.8 Å². The Hall–Kier alpha value is -2.09. The van der Waals surface area contributed by atoms with Gasteiger partial charge in [-0.15, -0.1) is 0 Å². The summed E-state index contributed by atoms with van der Waals surface area (Å²) in [6, 6.07) is 0.763. The van der Waals surface area contributed by atoms with E-state index in [0.717, 1.165) is 6.07 Å². The smallest absolute Gasteiger partial charge is 0.412 e. The van der Waals surface area contributed by atoms with Gasteiger partial charge in [-0.25, -0.2) is 13.6 Å². The van der Waals surface area contributed by atoms with Crippen LogP contribution >= 0.6 is 0 Å². The maximum Gasteiger partial charge on any atom is 0.412 e. The van der Waals surface area contributed by atoms with E-state index < -0.39 is 29.9 Å². The lowest BCUT2D eigenvalue weighted by Gasteiger charge is -2.21. The minimum absolute atomic E-state index is 0.00992. The third kappa shape index (κ3) is 4.73. The Balaban J connectivity index is 3.12. The molecule has 0 heterocycles. The second-order valence-corrected chi connectivity index (χ2v) is 5.61. The van der Waals surface area contributed by atoms with Crippen molar-refractivity contribution >= 4 is 11.8 Å². The average molecular weight is 318 g/mol. The van der Waals surface area contributed by atoms with Crippen LogP contribution in [-0.2, 0) is 4.74 Å². The molecular formula is C14H20F2N2O4. The summed E-state index contributed by atoms with van der Waals surface area (Å²) in [5.74, 6) is -0.488. The number of halogens is 2. The van der Waals surface area contributed by atoms with Gasteiger partial charge in [0, 0.05) is 0 Å². The number of carbonyl (C=O) groups excluding carboxylic acids is 1. The summed E-state index contributed by atoms with van der Waals surface area (Å²) in [5, 5.41) is 12.2. The number of nitrogens with one attached hydrogen (secondary N) is 1. The first-order valence-electron chi connectivity index (χ1n) is 6.49. The Morgan fingerprint density at radius 2 is 1.95 bits per heavy atom. The third-order valence-corrected chi connectivity index (χ3v) is 2.61. The summed E-state index contributed by atoms with van der Waals surface area (Å²) in [6.07, 6.45) is -3.64. The fraction of sp³-hybridized carbons (Fsp3) is 0.500. The first-order chi connectivity index (χ1) is 10.0. The molecule has 1 aromatic carbocycles. The van der Waals surface area contributed by atoms with E-state index in [9.17, 15) is 18.7 Å². The minimum Gasteiger partial charge on any atom is -0.503 e. The number of alkyl halides is 2. The summed E-state index contributed by atoms with van der Waals surface area (Å²) in [4.78, 5) is 11.7. The number of phenols is 1. The molecule has 1 amide bonds. The first-order valence-corrected chi connectivity index (χ1v) is 6.49.